The molecule has 0 spiro atoms. The zero-order valence-electron chi connectivity index (χ0n) is 15.0. The minimum absolute atomic E-state index is 0. The number of benzene rings is 2. The topological polar surface area (TPSA) is 32.3 Å². The lowest BCUT2D eigenvalue weighted by Gasteiger charge is -2.31. The van der Waals surface area contributed by atoms with Gasteiger partial charge >= 0.3 is 0 Å². The van der Waals surface area contributed by atoms with Gasteiger partial charge in [-0.3, -0.25) is 4.79 Å². The molecule has 1 aliphatic heterocycles. The van der Waals surface area contributed by atoms with Gasteiger partial charge in [-0.2, -0.15) is 0 Å². The summed E-state index contributed by atoms with van der Waals surface area (Å²) in [4.78, 5) is 15.0. The second-order valence-electron chi connectivity index (χ2n) is 6.49. The van der Waals surface area contributed by atoms with Crippen molar-refractivity contribution in [3.63, 3.8) is 0 Å². The fourth-order valence-electron chi connectivity index (χ4n) is 3.35. The molecule has 0 bridgehead atoms. The Labute approximate surface area is 169 Å². The van der Waals surface area contributed by atoms with E-state index in [0.717, 1.165) is 51.0 Å². The van der Waals surface area contributed by atoms with E-state index in [0.29, 0.717) is 5.78 Å². The fraction of sp³-hybridized carbons (Fsp3) is 0.381. The van der Waals surface area contributed by atoms with E-state index in [4.69, 9.17) is 0 Å². The maximum atomic E-state index is 12.5. The van der Waals surface area contributed by atoms with Crippen LogP contribution in [0.5, 0.6) is 0 Å². The average molecular weight is 395 g/mol. The van der Waals surface area contributed by atoms with E-state index >= 15 is 0 Å². The van der Waals surface area contributed by atoms with Crippen LogP contribution in [-0.4, -0.2) is 36.9 Å². The van der Waals surface area contributed by atoms with Gasteiger partial charge in [0.05, 0.1) is 0 Å². The quantitative estimate of drug-likeness (QED) is 0.533. The van der Waals surface area contributed by atoms with Crippen LogP contribution in [0.1, 0.15) is 29.6 Å². The summed E-state index contributed by atoms with van der Waals surface area (Å²) < 4.78 is 0. The van der Waals surface area contributed by atoms with Gasteiger partial charge in [-0.05, 0) is 51.0 Å². The summed E-state index contributed by atoms with van der Waals surface area (Å²) in [5.41, 5.74) is 2.05. The first-order valence-corrected chi connectivity index (χ1v) is 8.93. The maximum absolute atomic E-state index is 12.5. The van der Waals surface area contributed by atoms with Gasteiger partial charge in [-0.15, -0.1) is 24.8 Å². The Morgan fingerprint density at radius 1 is 0.923 bits per heavy atom. The molecule has 1 fully saturated rings. The summed E-state index contributed by atoms with van der Waals surface area (Å²) in [7, 11) is 0. The molecule has 0 aromatic heterocycles. The van der Waals surface area contributed by atoms with E-state index in [1.807, 2.05) is 36.4 Å². The lowest BCUT2D eigenvalue weighted by Crippen LogP contribution is -2.37. The Balaban J connectivity index is 0.00000169. The fourth-order valence-corrected chi connectivity index (χ4v) is 3.35. The summed E-state index contributed by atoms with van der Waals surface area (Å²) in [6, 6.07) is 20.1. The summed E-state index contributed by atoms with van der Waals surface area (Å²) >= 11 is 0. The second kappa shape index (κ2) is 11.9. The predicted molar refractivity (Wildman–Crippen MR) is 114 cm³/mol. The van der Waals surface area contributed by atoms with Gasteiger partial charge in [0.25, 0.3) is 0 Å². The molecule has 0 atom stereocenters. The van der Waals surface area contributed by atoms with Crippen molar-refractivity contribution in [2.75, 3.05) is 31.5 Å². The summed E-state index contributed by atoms with van der Waals surface area (Å²) in [5.74, 6) is 0.520. The lowest BCUT2D eigenvalue weighted by atomic mass is 9.89. The molecule has 1 N–H and O–H groups in total. The van der Waals surface area contributed by atoms with E-state index in [2.05, 4.69) is 34.5 Å². The highest BCUT2D eigenvalue weighted by atomic mass is 35.5. The van der Waals surface area contributed by atoms with E-state index in [1.165, 1.54) is 5.69 Å². The van der Waals surface area contributed by atoms with E-state index < -0.39 is 0 Å². The van der Waals surface area contributed by atoms with Crippen molar-refractivity contribution in [1.82, 2.24) is 4.90 Å². The zero-order valence-corrected chi connectivity index (χ0v) is 16.6. The number of Topliss-reactive ketones (excluding diaryl/α,β-unsaturated/α-hetero) is 1. The number of rotatable bonds is 7. The van der Waals surface area contributed by atoms with Gasteiger partial charge in [-0.1, -0.05) is 48.5 Å². The Hall–Kier alpha value is -1.55. The number of nitrogens with one attached hydrogen (secondary N) is 1. The minimum Gasteiger partial charge on any atom is -0.385 e. The number of hydrogen-bond acceptors (Lipinski definition) is 3. The van der Waals surface area contributed by atoms with Crippen LogP contribution in [-0.2, 0) is 0 Å². The highest BCUT2D eigenvalue weighted by molar-refractivity contribution is 5.97. The predicted octanol–water partition coefficient (Wildman–Crippen LogP) is 4.93. The van der Waals surface area contributed by atoms with Gasteiger partial charge in [0.2, 0.25) is 0 Å². The molecule has 26 heavy (non-hydrogen) atoms. The maximum Gasteiger partial charge on any atom is 0.166 e. The molecular weight excluding hydrogens is 367 g/mol. The number of piperidine rings is 1. The van der Waals surface area contributed by atoms with Crippen LogP contribution in [0.3, 0.4) is 0 Å². The van der Waals surface area contributed by atoms with Crippen molar-refractivity contribution >= 4 is 36.3 Å². The number of halogens is 2. The number of likely N-dealkylation sites (tertiary alicyclic amines) is 1. The second-order valence-corrected chi connectivity index (χ2v) is 6.49. The molecular formula is C21H28Cl2N2O. The van der Waals surface area contributed by atoms with Crippen molar-refractivity contribution in [2.24, 2.45) is 5.92 Å². The first kappa shape index (κ1) is 22.5. The molecule has 5 heteroatoms. The molecule has 2 aromatic rings. The van der Waals surface area contributed by atoms with Crippen LogP contribution in [0.15, 0.2) is 60.7 Å². The summed E-state index contributed by atoms with van der Waals surface area (Å²) in [6.45, 7) is 4.17. The molecule has 1 heterocycles. The minimum atomic E-state index is 0. The third-order valence-electron chi connectivity index (χ3n) is 4.77. The van der Waals surface area contributed by atoms with Crippen LogP contribution in [0.25, 0.3) is 0 Å². The molecule has 3 rings (SSSR count). The number of carbonyl (C=O) groups is 1. The molecule has 0 radical (unpaired) electrons. The van der Waals surface area contributed by atoms with Crippen LogP contribution in [0, 0.1) is 5.92 Å². The smallest absolute Gasteiger partial charge is 0.166 e. The zero-order chi connectivity index (χ0) is 16.6. The summed E-state index contributed by atoms with van der Waals surface area (Å²) in [5, 5.41) is 3.45. The number of nitrogens with zero attached hydrogens (tertiary/aromatic N) is 1. The Morgan fingerprint density at radius 2 is 1.50 bits per heavy atom. The first-order chi connectivity index (χ1) is 11.8. The number of hydrogen-bond donors (Lipinski definition) is 1. The largest absolute Gasteiger partial charge is 0.385 e. The number of ketones is 1. The molecule has 3 nitrogen and oxygen atoms in total. The van der Waals surface area contributed by atoms with Crippen LogP contribution in [0.4, 0.5) is 5.69 Å². The van der Waals surface area contributed by atoms with Crippen LogP contribution in [0.2, 0.25) is 0 Å². The van der Waals surface area contributed by atoms with Crippen molar-refractivity contribution in [3.05, 3.63) is 66.2 Å². The molecule has 0 amide bonds. The number of para-hydroxylation sites is 1. The van der Waals surface area contributed by atoms with Gasteiger partial charge in [-0.25, -0.2) is 0 Å². The van der Waals surface area contributed by atoms with Gasteiger partial charge in [0.1, 0.15) is 0 Å². The molecule has 1 aliphatic rings. The Morgan fingerprint density at radius 3 is 2.12 bits per heavy atom. The third-order valence-corrected chi connectivity index (χ3v) is 4.77. The number of anilines is 1. The molecule has 0 saturated carbocycles. The SMILES string of the molecule is Cl.Cl.O=C(c1ccccc1)C1CCN(CCCNc2ccccc2)CC1. The van der Waals surface area contributed by atoms with Crippen LogP contribution >= 0.6 is 24.8 Å². The number of carbonyl (C=O) groups excluding carboxylic acids is 1. The molecule has 1 saturated heterocycles. The normalized spacial score (nSPS) is 14.8. The highest BCUT2D eigenvalue weighted by Crippen LogP contribution is 2.21. The molecule has 0 aliphatic carbocycles. The standard InChI is InChI=1S/C21H26N2O.2ClH/c24-21(18-8-3-1-4-9-18)19-12-16-23(17-13-19)15-7-14-22-20-10-5-2-6-11-20;;/h1-6,8-11,19,22H,7,12-17H2;2*1H. The van der Waals surface area contributed by atoms with E-state index in [1.54, 1.807) is 0 Å². The van der Waals surface area contributed by atoms with E-state index in [-0.39, 0.29) is 30.7 Å². The molecule has 2 aromatic carbocycles. The van der Waals surface area contributed by atoms with Gasteiger partial charge in [0.15, 0.2) is 5.78 Å². The van der Waals surface area contributed by atoms with Crippen molar-refractivity contribution in [3.8, 4) is 0 Å². The van der Waals surface area contributed by atoms with Gasteiger partial charge in [0, 0.05) is 23.7 Å². The summed E-state index contributed by atoms with van der Waals surface area (Å²) in [6.07, 6.45) is 3.10. The van der Waals surface area contributed by atoms with Crippen LogP contribution < -0.4 is 5.32 Å². The highest BCUT2D eigenvalue weighted by Gasteiger charge is 2.25. The first-order valence-electron chi connectivity index (χ1n) is 8.93. The Kier molecular flexibility index (Phi) is 10.3. The average Bonchev–Trinajstić information content (AvgIpc) is 2.67. The Bertz CT molecular complexity index is 629. The van der Waals surface area contributed by atoms with Crippen molar-refractivity contribution in [1.29, 1.82) is 0 Å². The lowest BCUT2D eigenvalue weighted by molar-refractivity contribution is 0.0840. The monoisotopic (exact) mass is 394 g/mol. The molecule has 0 unspecified atom stereocenters. The van der Waals surface area contributed by atoms with Crippen molar-refractivity contribution in [2.45, 2.75) is 19.3 Å². The van der Waals surface area contributed by atoms with Crippen molar-refractivity contribution < 1.29 is 4.79 Å². The van der Waals surface area contributed by atoms with Gasteiger partial charge < -0.3 is 10.2 Å². The molecule has 142 valence electrons. The van der Waals surface area contributed by atoms with E-state index in [9.17, 15) is 4.79 Å². The third kappa shape index (κ3) is 6.64.